The molecule has 1 saturated heterocycles. The predicted octanol–water partition coefficient (Wildman–Crippen LogP) is 1.84. The van der Waals surface area contributed by atoms with Gasteiger partial charge in [-0.1, -0.05) is 12.2 Å². The van der Waals surface area contributed by atoms with Crippen molar-refractivity contribution in [1.82, 2.24) is 10.6 Å². The molecule has 0 radical (unpaired) electrons. The number of rotatable bonds is 7. The number of carbonyl (C=O) groups is 1. The Labute approximate surface area is 121 Å². The molecule has 2 rings (SSSR count). The van der Waals surface area contributed by atoms with Gasteiger partial charge in [-0.05, 0) is 38.0 Å². The van der Waals surface area contributed by atoms with Crippen molar-refractivity contribution >= 4 is 6.03 Å². The van der Waals surface area contributed by atoms with Gasteiger partial charge in [0.05, 0.1) is 19.3 Å². The molecule has 0 spiro atoms. The molecule has 2 atom stereocenters. The van der Waals surface area contributed by atoms with Crippen LogP contribution in [0.4, 0.5) is 4.79 Å². The number of urea groups is 1. The summed E-state index contributed by atoms with van der Waals surface area (Å²) in [6.45, 7) is 3.33. The van der Waals surface area contributed by atoms with Crippen LogP contribution in [0.1, 0.15) is 32.1 Å². The lowest BCUT2D eigenvalue weighted by molar-refractivity contribution is 0.0188. The van der Waals surface area contributed by atoms with Gasteiger partial charge in [-0.25, -0.2) is 4.79 Å². The second-order valence-corrected chi connectivity index (χ2v) is 5.50. The van der Waals surface area contributed by atoms with Gasteiger partial charge >= 0.3 is 6.03 Å². The van der Waals surface area contributed by atoms with Crippen LogP contribution in [-0.2, 0) is 9.47 Å². The van der Waals surface area contributed by atoms with E-state index in [2.05, 4.69) is 22.8 Å². The molecule has 0 aromatic heterocycles. The van der Waals surface area contributed by atoms with Crippen LogP contribution < -0.4 is 10.6 Å². The molecule has 0 bridgehead atoms. The lowest BCUT2D eigenvalue weighted by atomic mass is 9.94. The highest BCUT2D eigenvalue weighted by molar-refractivity contribution is 5.73. The molecule has 5 nitrogen and oxygen atoms in total. The molecule has 1 aliphatic carbocycles. The van der Waals surface area contributed by atoms with Gasteiger partial charge in [0.2, 0.25) is 0 Å². The van der Waals surface area contributed by atoms with E-state index < -0.39 is 0 Å². The van der Waals surface area contributed by atoms with Crippen molar-refractivity contribution in [1.29, 1.82) is 0 Å². The van der Waals surface area contributed by atoms with Crippen molar-refractivity contribution in [2.24, 2.45) is 5.92 Å². The summed E-state index contributed by atoms with van der Waals surface area (Å²) >= 11 is 0. The van der Waals surface area contributed by atoms with Crippen molar-refractivity contribution in [3.63, 3.8) is 0 Å². The van der Waals surface area contributed by atoms with E-state index in [9.17, 15) is 4.79 Å². The summed E-state index contributed by atoms with van der Waals surface area (Å²) in [6, 6.07) is -0.0970. The standard InChI is InChI=1S/C15H26N2O3/c18-15(17-11-13-5-2-1-3-6-13)16-8-10-19-12-14-7-4-9-20-14/h1-2,13-14H,3-12H2,(H2,16,17,18)/t13-,14+/m1/s1. The number of hydrogen-bond acceptors (Lipinski definition) is 3. The number of amides is 2. The first-order valence-corrected chi connectivity index (χ1v) is 7.70. The van der Waals surface area contributed by atoms with Crippen LogP contribution in [0.5, 0.6) is 0 Å². The molecule has 1 heterocycles. The van der Waals surface area contributed by atoms with E-state index in [0.717, 1.165) is 38.8 Å². The minimum Gasteiger partial charge on any atom is -0.377 e. The zero-order valence-corrected chi connectivity index (χ0v) is 12.1. The Bertz CT molecular complexity index is 314. The predicted molar refractivity (Wildman–Crippen MR) is 77.7 cm³/mol. The third-order valence-electron chi connectivity index (χ3n) is 3.79. The van der Waals surface area contributed by atoms with Gasteiger partial charge in [0, 0.05) is 19.7 Å². The first-order chi connectivity index (χ1) is 9.84. The van der Waals surface area contributed by atoms with Crippen LogP contribution in [0, 0.1) is 5.92 Å². The van der Waals surface area contributed by atoms with Crippen LogP contribution in [0.25, 0.3) is 0 Å². The minimum absolute atomic E-state index is 0.0970. The van der Waals surface area contributed by atoms with Crippen LogP contribution in [0.2, 0.25) is 0 Å². The van der Waals surface area contributed by atoms with Gasteiger partial charge in [0.1, 0.15) is 0 Å². The monoisotopic (exact) mass is 282 g/mol. The van der Waals surface area contributed by atoms with Gasteiger partial charge in [-0.3, -0.25) is 0 Å². The fraction of sp³-hybridized carbons (Fsp3) is 0.800. The Hall–Kier alpha value is -1.07. The molecule has 0 unspecified atom stereocenters. The zero-order chi connectivity index (χ0) is 14.0. The van der Waals surface area contributed by atoms with Crippen LogP contribution in [0.15, 0.2) is 12.2 Å². The average molecular weight is 282 g/mol. The Balaban J connectivity index is 1.42. The molecule has 5 heteroatoms. The molecule has 20 heavy (non-hydrogen) atoms. The summed E-state index contributed by atoms with van der Waals surface area (Å²) in [7, 11) is 0. The Morgan fingerprint density at radius 3 is 3.00 bits per heavy atom. The topological polar surface area (TPSA) is 59.6 Å². The zero-order valence-electron chi connectivity index (χ0n) is 12.1. The van der Waals surface area contributed by atoms with Crippen LogP contribution in [-0.4, -0.2) is 45.0 Å². The Morgan fingerprint density at radius 1 is 1.30 bits per heavy atom. The number of allylic oxidation sites excluding steroid dienone is 2. The van der Waals surface area contributed by atoms with Crippen molar-refractivity contribution < 1.29 is 14.3 Å². The van der Waals surface area contributed by atoms with Gasteiger partial charge in [0.15, 0.2) is 0 Å². The fourth-order valence-corrected chi connectivity index (χ4v) is 2.57. The van der Waals surface area contributed by atoms with E-state index >= 15 is 0 Å². The van der Waals surface area contributed by atoms with Crippen LogP contribution in [0.3, 0.4) is 0 Å². The second kappa shape index (κ2) is 8.97. The highest BCUT2D eigenvalue weighted by Crippen LogP contribution is 2.16. The molecule has 0 aromatic carbocycles. The third-order valence-corrected chi connectivity index (χ3v) is 3.79. The van der Waals surface area contributed by atoms with Crippen molar-refractivity contribution in [3.8, 4) is 0 Å². The molecule has 2 amide bonds. The van der Waals surface area contributed by atoms with Gasteiger partial charge in [-0.2, -0.15) is 0 Å². The van der Waals surface area contributed by atoms with E-state index in [1.807, 2.05) is 0 Å². The van der Waals surface area contributed by atoms with E-state index in [0.29, 0.717) is 25.7 Å². The third kappa shape index (κ3) is 5.92. The molecule has 2 N–H and O–H groups in total. The van der Waals surface area contributed by atoms with Crippen molar-refractivity contribution in [2.75, 3.05) is 32.9 Å². The van der Waals surface area contributed by atoms with E-state index in [-0.39, 0.29) is 12.1 Å². The Morgan fingerprint density at radius 2 is 2.25 bits per heavy atom. The summed E-state index contributed by atoms with van der Waals surface area (Å²) in [5, 5.41) is 5.73. The van der Waals surface area contributed by atoms with Gasteiger partial charge in [0.25, 0.3) is 0 Å². The molecule has 1 aliphatic heterocycles. The number of hydrogen-bond donors (Lipinski definition) is 2. The number of nitrogens with one attached hydrogen (secondary N) is 2. The summed E-state index contributed by atoms with van der Waals surface area (Å²) in [6.07, 6.45) is 10.3. The maximum atomic E-state index is 11.6. The normalized spacial score (nSPS) is 25.6. The molecule has 1 fully saturated rings. The Kier molecular flexibility index (Phi) is 6.88. The van der Waals surface area contributed by atoms with Gasteiger partial charge < -0.3 is 20.1 Å². The van der Waals surface area contributed by atoms with Crippen LogP contribution >= 0.6 is 0 Å². The second-order valence-electron chi connectivity index (χ2n) is 5.50. The smallest absolute Gasteiger partial charge is 0.314 e. The minimum atomic E-state index is -0.0970. The molecular weight excluding hydrogens is 256 g/mol. The SMILES string of the molecule is O=C(NCCOC[C@@H]1CCCO1)NC[C@@H]1CC=CCC1. The molecule has 0 aromatic rings. The quantitative estimate of drug-likeness (QED) is 0.553. The summed E-state index contributed by atoms with van der Waals surface area (Å²) < 4.78 is 10.9. The number of carbonyl (C=O) groups excluding carboxylic acids is 1. The molecule has 0 saturated carbocycles. The average Bonchev–Trinajstić information content (AvgIpc) is 2.99. The van der Waals surface area contributed by atoms with Gasteiger partial charge in [-0.15, -0.1) is 0 Å². The highest BCUT2D eigenvalue weighted by Gasteiger charge is 2.15. The largest absolute Gasteiger partial charge is 0.377 e. The maximum absolute atomic E-state index is 11.6. The van der Waals surface area contributed by atoms with Crippen molar-refractivity contribution in [3.05, 3.63) is 12.2 Å². The first kappa shape index (κ1) is 15.3. The van der Waals surface area contributed by atoms with Crippen molar-refractivity contribution in [2.45, 2.75) is 38.2 Å². The fourth-order valence-electron chi connectivity index (χ4n) is 2.57. The van der Waals surface area contributed by atoms with E-state index in [1.54, 1.807) is 0 Å². The first-order valence-electron chi connectivity index (χ1n) is 7.70. The summed E-state index contributed by atoms with van der Waals surface area (Å²) in [5.41, 5.74) is 0. The lowest BCUT2D eigenvalue weighted by Gasteiger charge is -2.18. The molecular formula is C15H26N2O3. The molecule has 114 valence electrons. The maximum Gasteiger partial charge on any atom is 0.314 e. The highest BCUT2D eigenvalue weighted by atomic mass is 16.5. The summed E-state index contributed by atoms with van der Waals surface area (Å²) in [5.74, 6) is 0.585. The number of ether oxygens (including phenoxy) is 2. The van der Waals surface area contributed by atoms with E-state index in [4.69, 9.17) is 9.47 Å². The van der Waals surface area contributed by atoms with E-state index in [1.165, 1.54) is 6.42 Å². The summed E-state index contributed by atoms with van der Waals surface area (Å²) in [4.78, 5) is 11.6. The lowest BCUT2D eigenvalue weighted by Crippen LogP contribution is -2.40. The molecule has 2 aliphatic rings.